The number of rotatable bonds is 4. The van der Waals surface area contributed by atoms with Gasteiger partial charge in [0.15, 0.2) is 5.65 Å². The van der Waals surface area contributed by atoms with Gasteiger partial charge in [-0.05, 0) is 32.3 Å². The number of ether oxygens (including phenoxy) is 1. The Kier molecular flexibility index (Phi) is 3.80. The zero-order valence-corrected chi connectivity index (χ0v) is 13.7. The van der Waals surface area contributed by atoms with Gasteiger partial charge in [-0.2, -0.15) is 10.4 Å². The summed E-state index contributed by atoms with van der Waals surface area (Å²) in [6, 6.07) is 8.28. The molecule has 0 amide bonds. The molecule has 2 aromatic heterocycles. The summed E-state index contributed by atoms with van der Waals surface area (Å²) >= 11 is 0. The maximum absolute atomic E-state index is 9.20. The first-order chi connectivity index (χ1) is 11.0. The molecule has 0 radical (unpaired) electrons. The zero-order valence-electron chi connectivity index (χ0n) is 13.7. The molecule has 0 aliphatic rings. The van der Waals surface area contributed by atoms with E-state index in [2.05, 4.69) is 22.1 Å². The van der Waals surface area contributed by atoms with Crippen LogP contribution in [-0.4, -0.2) is 40.3 Å². The lowest BCUT2D eigenvalue weighted by molar-refractivity contribution is 0.372. The van der Waals surface area contributed by atoms with E-state index >= 15 is 0 Å². The molecule has 0 unspecified atom stereocenters. The van der Waals surface area contributed by atoms with Crippen LogP contribution in [0.15, 0.2) is 30.6 Å². The van der Waals surface area contributed by atoms with Crippen molar-refractivity contribution in [1.29, 1.82) is 5.26 Å². The topological polar surface area (TPSA) is 58.5 Å². The van der Waals surface area contributed by atoms with Crippen LogP contribution in [0.5, 0.6) is 5.75 Å². The average molecular weight is 309 g/mol. The number of fused-ring (bicyclic) bond motifs is 1. The minimum Gasteiger partial charge on any atom is -0.496 e. The zero-order chi connectivity index (χ0) is 16.6. The molecule has 0 spiro atoms. The molecule has 0 saturated carbocycles. The van der Waals surface area contributed by atoms with Gasteiger partial charge in [-0.1, -0.05) is 0 Å². The molecule has 118 valence electrons. The highest BCUT2D eigenvalue weighted by Gasteiger charge is 2.15. The average Bonchev–Trinajstić information content (AvgIpc) is 3.08. The fourth-order valence-electron chi connectivity index (χ4n) is 2.83. The molecule has 0 fully saturated rings. The van der Waals surface area contributed by atoms with Crippen LogP contribution in [-0.2, 0) is 13.6 Å². The summed E-state index contributed by atoms with van der Waals surface area (Å²) in [6.45, 7) is 0.787. The minimum atomic E-state index is 0.570. The van der Waals surface area contributed by atoms with Gasteiger partial charge in [-0.15, -0.1) is 0 Å². The number of hydrogen-bond acceptors (Lipinski definition) is 4. The molecular formula is C17H19N5O. The summed E-state index contributed by atoms with van der Waals surface area (Å²) in [5, 5.41) is 13.6. The van der Waals surface area contributed by atoms with Crippen LogP contribution >= 0.6 is 0 Å². The van der Waals surface area contributed by atoms with Gasteiger partial charge in [0.2, 0.25) is 0 Å². The Morgan fingerprint density at radius 1 is 1.35 bits per heavy atom. The first kappa shape index (κ1) is 15.1. The number of nitriles is 1. The third-order valence-electron chi connectivity index (χ3n) is 3.81. The highest BCUT2D eigenvalue weighted by atomic mass is 16.5. The van der Waals surface area contributed by atoms with Crippen molar-refractivity contribution < 1.29 is 4.74 Å². The maximum Gasteiger partial charge on any atom is 0.154 e. The smallest absolute Gasteiger partial charge is 0.154 e. The summed E-state index contributed by atoms with van der Waals surface area (Å²) in [6.07, 6.45) is 3.59. The molecule has 0 N–H and O–H groups in total. The normalized spacial score (nSPS) is 11.1. The van der Waals surface area contributed by atoms with Gasteiger partial charge in [0.25, 0.3) is 0 Å². The van der Waals surface area contributed by atoms with Gasteiger partial charge in [-0.3, -0.25) is 0 Å². The molecule has 1 aromatic carbocycles. The number of aryl methyl sites for hydroxylation is 1. The van der Waals surface area contributed by atoms with E-state index in [9.17, 15) is 5.26 Å². The third kappa shape index (κ3) is 2.56. The van der Waals surface area contributed by atoms with E-state index in [1.807, 2.05) is 44.0 Å². The van der Waals surface area contributed by atoms with Crippen molar-refractivity contribution in [3.63, 3.8) is 0 Å². The molecule has 3 rings (SSSR count). The van der Waals surface area contributed by atoms with Crippen LogP contribution in [0, 0.1) is 11.3 Å². The predicted octanol–water partition coefficient (Wildman–Crippen LogP) is 2.28. The lowest BCUT2D eigenvalue weighted by atomic mass is 10.1. The number of aromatic nitrogens is 3. The highest BCUT2D eigenvalue weighted by molar-refractivity contribution is 5.68. The number of hydrogen-bond donors (Lipinski definition) is 0. The van der Waals surface area contributed by atoms with Crippen LogP contribution in [0.4, 0.5) is 0 Å². The van der Waals surface area contributed by atoms with Crippen molar-refractivity contribution in [3.05, 3.63) is 41.7 Å². The number of nitrogens with zero attached hydrogens (tertiary/aromatic N) is 5. The fraction of sp³-hybridized carbons (Fsp3) is 0.294. The lowest BCUT2D eigenvalue weighted by Gasteiger charge is -2.14. The Hall–Kier alpha value is -2.78. The number of imidazole rings is 1. The Morgan fingerprint density at radius 3 is 2.78 bits per heavy atom. The van der Waals surface area contributed by atoms with E-state index in [0.29, 0.717) is 5.56 Å². The standard InChI is InChI=1S/C17H19N5O/c1-20(2)10-13-7-12(5-6-16(13)23-4)15-11-21(3)17-14(8-18)9-19-22(15)17/h5-7,9,11H,10H2,1-4H3. The SMILES string of the molecule is COc1ccc(-c2cn(C)c3c(C#N)cnn23)cc1CN(C)C. The van der Waals surface area contributed by atoms with Crippen LogP contribution < -0.4 is 4.74 Å². The quantitative estimate of drug-likeness (QED) is 0.742. The van der Waals surface area contributed by atoms with Crippen LogP contribution in [0.2, 0.25) is 0 Å². The monoisotopic (exact) mass is 309 g/mol. The van der Waals surface area contributed by atoms with Crippen molar-refractivity contribution in [2.75, 3.05) is 21.2 Å². The molecule has 0 bridgehead atoms. The van der Waals surface area contributed by atoms with E-state index in [1.165, 1.54) is 0 Å². The van der Waals surface area contributed by atoms with E-state index in [1.54, 1.807) is 17.8 Å². The second kappa shape index (κ2) is 5.78. The van der Waals surface area contributed by atoms with Gasteiger partial charge in [0.05, 0.1) is 19.0 Å². The molecule has 6 nitrogen and oxygen atoms in total. The van der Waals surface area contributed by atoms with Crippen molar-refractivity contribution in [2.45, 2.75) is 6.54 Å². The van der Waals surface area contributed by atoms with Gasteiger partial charge in [0, 0.05) is 30.9 Å². The van der Waals surface area contributed by atoms with Crippen molar-refractivity contribution in [1.82, 2.24) is 19.1 Å². The predicted molar refractivity (Wildman–Crippen MR) is 88.3 cm³/mol. The minimum absolute atomic E-state index is 0.570. The maximum atomic E-state index is 9.20. The van der Waals surface area contributed by atoms with Crippen molar-refractivity contribution in [3.8, 4) is 23.1 Å². The Morgan fingerprint density at radius 2 is 2.13 bits per heavy atom. The van der Waals surface area contributed by atoms with Crippen molar-refractivity contribution in [2.24, 2.45) is 7.05 Å². The van der Waals surface area contributed by atoms with E-state index in [0.717, 1.165) is 34.8 Å². The number of methoxy groups -OCH3 is 1. The van der Waals surface area contributed by atoms with Gasteiger partial charge >= 0.3 is 0 Å². The number of benzene rings is 1. The van der Waals surface area contributed by atoms with Gasteiger partial charge < -0.3 is 14.2 Å². The van der Waals surface area contributed by atoms with Crippen LogP contribution in [0.1, 0.15) is 11.1 Å². The molecule has 3 aromatic rings. The second-order valence-corrected chi connectivity index (χ2v) is 5.80. The Labute approximate surface area is 135 Å². The molecule has 0 saturated heterocycles. The fourth-order valence-corrected chi connectivity index (χ4v) is 2.83. The summed E-state index contributed by atoms with van der Waals surface area (Å²) < 4.78 is 9.19. The van der Waals surface area contributed by atoms with E-state index in [4.69, 9.17) is 4.74 Å². The van der Waals surface area contributed by atoms with Crippen LogP contribution in [0.25, 0.3) is 16.9 Å². The first-order valence-electron chi connectivity index (χ1n) is 7.30. The Bertz CT molecular complexity index is 898. The largest absolute Gasteiger partial charge is 0.496 e. The molecule has 0 aliphatic heterocycles. The molecule has 2 heterocycles. The van der Waals surface area contributed by atoms with Gasteiger partial charge in [0.1, 0.15) is 17.4 Å². The molecule has 6 heteroatoms. The molecule has 0 atom stereocenters. The second-order valence-electron chi connectivity index (χ2n) is 5.80. The molecule has 23 heavy (non-hydrogen) atoms. The first-order valence-corrected chi connectivity index (χ1v) is 7.30. The summed E-state index contributed by atoms with van der Waals surface area (Å²) in [5.74, 6) is 0.868. The van der Waals surface area contributed by atoms with E-state index in [-0.39, 0.29) is 0 Å². The summed E-state index contributed by atoms with van der Waals surface area (Å²) in [5.41, 5.74) is 4.47. The summed E-state index contributed by atoms with van der Waals surface area (Å²) in [4.78, 5) is 2.10. The van der Waals surface area contributed by atoms with Crippen LogP contribution in [0.3, 0.4) is 0 Å². The van der Waals surface area contributed by atoms with E-state index < -0.39 is 0 Å². The third-order valence-corrected chi connectivity index (χ3v) is 3.81. The van der Waals surface area contributed by atoms with Gasteiger partial charge in [-0.25, -0.2) is 4.52 Å². The highest BCUT2D eigenvalue weighted by Crippen LogP contribution is 2.29. The molecular weight excluding hydrogens is 290 g/mol. The van der Waals surface area contributed by atoms with Crippen molar-refractivity contribution >= 4 is 5.65 Å². The summed E-state index contributed by atoms with van der Waals surface area (Å²) in [7, 11) is 7.66. The Balaban J connectivity index is 2.16. The lowest BCUT2D eigenvalue weighted by Crippen LogP contribution is -2.11. The molecule has 0 aliphatic carbocycles.